The number of benzene rings is 1. The molecule has 1 aromatic heterocycles. The van der Waals surface area contributed by atoms with Crippen LogP contribution in [-0.4, -0.2) is 34.3 Å². The lowest BCUT2D eigenvalue weighted by Crippen LogP contribution is -2.38. The summed E-state index contributed by atoms with van der Waals surface area (Å²) in [5.74, 6) is 1.68. The van der Waals surface area contributed by atoms with Crippen LogP contribution in [0.25, 0.3) is 0 Å². The normalized spacial score (nSPS) is 12.3. The zero-order chi connectivity index (χ0) is 18.3. The quantitative estimate of drug-likeness (QED) is 0.625. The molecule has 0 aliphatic carbocycles. The van der Waals surface area contributed by atoms with Crippen molar-refractivity contribution in [2.45, 2.75) is 52.6 Å². The van der Waals surface area contributed by atoms with Gasteiger partial charge < -0.3 is 15.2 Å². The molecule has 2 aromatic rings. The van der Waals surface area contributed by atoms with Gasteiger partial charge in [0.15, 0.2) is 11.8 Å². The Bertz CT molecular complexity index is 679. The van der Waals surface area contributed by atoms with Gasteiger partial charge in [-0.3, -0.25) is 4.99 Å². The van der Waals surface area contributed by atoms with Gasteiger partial charge >= 0.3 is 0 Å². The fraction of sp³-hybridized carbons (Fsp3) is 0.526. The topological polar surface area (TPSA) is 67.1 Å². The van der Waals surface area contributed by atoms with Gasteiger partial charge in [0.25, 0.3) is 0 Å². The van der Waals surface area contributed by atoms with Crippen LogP contribution in [0.15, 0.2) is 35.6 Å². The average Bonchev–Trinajstić information content (AvgIpc) is 3.05. The fourth-order valence-electron chi connectivity index (χ4n) is 2.56. The Morgan fingerprint density at radius 1 is 1.16 bits per heavy atom. The number of rotatable bonds is 6. The third-order valence-electron chi connectivity index (χ3n) is 4.20. The second-order valence-electron chi connectivity index (χ2n) is 7.08. The Morgan fingerprint density at radius 2 is 1.88 bits per heavy atom. The van der Waals surface area contributed by atoms with Crippen LogP contribution in [0, 0.1) is 0 Å². The van der Waals surface area contributed by atoms with E-state index in [2.05, 4.69) is 77.8 Å². The van der Waals surface area contributed by atoms with Gasteiger partial charge in [-0.25, -0.2) is 0 Å². The van der Waals surface area contributed by atoms with Crippen LogP contribution in [0.4, 0.5) is 0 Å². The minimum Gasteiger partial charge on any atom is -0.356 e. The summed E-state index contributed by atoms with van der Waals surface area (Å²) in [6.07, 6.45) is 2.70. The highest BCUT2D eigenvalue weighted by molar-refractivity contribution is 5.79. The second kappa shape index (κ2) is 8.65. The van der Waals surface area contributed by atoms with E-state index in [9.17, 15) is 0 Å². The zero-order valence-corrected chi connectivity index (χ0v) is 16.0. The molecular formula is C19H30N6. The summed E-state index contributed by atoms with van der Waals surface area (Å²) in [6, 6.07) is 8.87. The largest absolute Gasteiger partial charge is 0.356 e. The van der Waals surface area contributed by atoms with Crippen molar-refractivity contribution < 1.29 is 0 Å². The van der Waals surface area contributed by atoms with E-state index >= 15 is 0 Å². The molecule has 136 valence electrons. The Morgan fingerprint density at radius 3 is 2.48 bits per heavy atom. The van der Waals surface area contributed by atoms with E-state index in [0.717, 1.165) is 31.3 Å². The molecule has 0 fully saturated rings. The number of hydrogen-bond donors (Lipinski definition) is 2. The van der Waals surface area contributed by atoms with Crippen molar-refractivity contribution in [3.63, 3.8) is 0 Å². The molecule has 6 heteroatoms. The maximum absolute atomic E-state index is 4.26. The molecule has 6 nitrogen and oxygen atoms in total. The van der Waals surface area contributed by atoms with Gasteiger partial charge in [0, 0.05) is 20.1 Å². The summed E-state index contributed by atoms with van der Waals surface area (Å²) in [5.41, 5.74) is 2.88. The maximum atomic E-state index is 4.26. The van der Waals surface area contributed by atoms with E-state index < -0.39 is 0 Å². The van der Waals surface area contributed by atoms with Crippen molar-refractivity contribution in [2.75, 3.05) is 13.6 Å². The first kappa shape index (κ1) is 19.0. The molecule has 0 bridgehead atoms. The monoisotopic (exact) mass is 342 g/mol. The molecule has 0 amide bonds. The molecule has 0 saturated carbocycles. The Kier molecular flexibility index (Phi) is 6.56. The molecule has 0 atom stereocenters. The summed E-state index contributed by atoms with van der Waals surface area (Å²) in [6.45, 7) is 11.1. The minimum atomic E-state index is 0.196. The predicted octanol–water partition coefficient (Wildman–Crippen LogP) is 2.50. The first-order valence-electron chi connectivity index (χ1n) is 8.84. The maximum Gasteiger partial charge on any atom is 0.191 e. The third-order valence-corrected chi connectivity index (χ3v) is 4.20. The summed E-state index contributed by atoms with van der Waals surface area (Å²) in [7, 11) is 1.78. The second-order valence-corrected chi connectivity index (χ2v) is 7.08. The van der Waals surface area contributed by atoms with Crippen LogP contribution in [0.5, 0.6) is 0 Å². The molecule has 0 saturated heterocycles. The van der Waals surface area contributed by atoms with Gasteiger partial charge in [0.2, 0.25) is 0 Å². The number of guanidine groups is 1. The number of aryl methyl sites for hydroxylation is 1. The Balaban J connectivity index is 1.79. The van der Waals surface area contributed by atoms with Gasteiger partial charge in [-0.05, 0) is 29.9 Å². The highest BCUT2D eigenvalue weighted by Crippen LogP contribution is 2.22. The van der Waals surface area contributed by atoms with Gasteiger partial charge in [-0.1, -0.05) is 45.0 Å². The molecule has 1 heterocycles. The van der Waals surface area contributed by atoms with E-state index in [1.807, 2.05) is 4.57 Å². The van der Waals surface area contributed by atoms with E-state index in [1.165, 1.54) is 11.1 Å². The van der Waals surface area contributed by atoms with Crippen LogP contribution < -0.4 is 10.6 Å². The lowest BCUT2D eigenvalue weighted by molar-refractivity contribution is 0.590. The van der Waals surface area contributed by atoms with Crippen LogP contribution >= 0.6 is 0 Å². The lowest BCUT2D eigenvalue weighted by atomic mass is 9.86. The summed E-state index contributed by atoms with van der Waals surface area (Å²) in [4.78, 5) is 4.26. The van der Waals surface area contributed by atoms with Crippen molar-refractivity contribution in [2.24, 2.45) is 4.99 Å². The van der Waals surface area contributed by atoms with E-state index in [1.54, 1.807) is 13.4 Å². The molecule has 0 radical (unpaired) electrons. The number of hydrogen-bond acceptors (Lipinski definition) is 3. The van der Waals surface area contributed by atoms with Crippen molar-refractivity contribution in [3.8, 4) is 0 Å². The molecule has 0 aliphatic rings. The summed E-state index contributed by atoms with van der Waals surface area (Å²) >= 11 is 0. The van der Waals surface area contributed by atoms with Crippen molar-refractivity contribution >= 4 is 5.96 Å². The van der Waals surface area contributed by atoms with Crippen LogP contribution in [0.3, 0.4) is 0 Å². The van der Waals surface area contributed by atoms with Gasteiger partial charge in [-0.2, -0.15) is 0 Å². The standard InChI is InChI=1S/C19H30N6/c1-6-25-14-23-24-17(25)13-22-18(20-5)21-12-11-15-7-9-16(10-8-15)19(2,3)4/h7-10,14H,6,11-13H2,1-5H3,(H2,20,21,22). The van der Waals surface area contributed by atoms with E-state index in [4.69, 9.17) is 0 Å². The molecular weight excluding hydrogens is 312 g/mol. The molecule has 0 spiro atoms. The molecule has 25 heavy (non-hydrogen) atoms. The number of aliphatic imine (C=N–C) groups is 1. The van der Waals surface area contributed by atoms with Crippen molar-refractivity contribution in [1.82, 2.24) is 25.4 Å². The van der Waals surface area contributed by atoms with E-state index in [0.29, 0.717) is 6.54 Å². The zero-order valence-electron chi connectivity index (χ0n) is 16.0. The highest BCUT2D eigenvalue weighted by atomic mass is 15.3. The predicted molar refractivity (Wildman–Crippen MR) is 103 cm³/mol. The van der Waals surface area contributed by atoms with Crippen molar-refractivity contribution in [3.05, 3.63) is 47.5 Å². The molecule has 0 unspecified atom stereocenters. The smallest absolute Gasteiger partial charge is 0.191 e. The highest BCUT2D eigenvalue weighted by Gasteiger charge is 2.12. The van der Waals surface area contributed by atoms with E-state index in [-0.39, 0.29) is 5.41 Å². The van der Waals surface area contributed by atoms with Gasteiger partial charge in [0.05, 0.1) is 6.54 Å². The molecule has 2 N–H and O–H groups in total. The number of nitrogens with zero attached hydrogens (tertiary/aromatic N) is 4. The molecule has 1 aromatic carbocycles. The summed E-state index contributed by atoms with van der Waals surface area (Å²) < 4.78 is 2.01. The number of aromatic nitrogens is 3. The fourth-order valence-corrected chi connectivity index (χ4v) is 2.56. The van der Waals surface area contributed by atoms with Gasteiger partial charge in [-0.15, -0.1) is 10.2 Å². The minimum absolute atomic E-state index is 0.196. The Hall–Kier alpha value is -2.37. The summed E-state index contributed by atoms with van der Waals surface area (Å²) in [5, 5.41) is 14.7. The number of nitrogens with one attached hydrogen (secondary N) is 2. The Labute approximate surface area is 150 Å². The van der Waals surface area contributed by atoms with Crippen LogP contribution in [-0.2, 0) is 24.9 Å². The van der Waals surface area contributed by atoms with Crippen LogP contribution in [0.1, 0.15) is 44.6 Å². The van der Waals surface area contributed by atoms with Crippen molar-refractivity contribution in [1.29, 1.82) is 0 Å². The van der Waals surface area contributed by atoms with Crippen LogP contribution in [0.2, 0.25) is 0 Å². The lowest BCUT2D eigenvalue weighted by Gasteiger charge is -2.19. The molecule has 0 aliphatic heterocycles. The molecule has 2 rings (SSSR count). The van der Waals surface area contributed by atoms with Gasteiger partial charge in [0.1, 0.15) is 6.33 Å². The first-order chi connectivity index (χ1) is 11.9. The SMILES string of the molecule is CCn1cnnc1CNC(=NC)NCCc1ccc(C(C)(C)C)cc1. The first-order valence-corrected chi connectivity index (χ1v) is 8.84. The third kappa shape index (κ3) is 5.59. The average molecular weight is 342 g/mol.